The summed E-state index contributed by atoms with van der Waals surface area (Å²) in [5.74, 6) is 0.436. The van der Waals surface area contributed by atoms with Crippen molar-refractivity contribution in [2.45, 2.75) is 43.0 Å². The quantitative estimate of drug-likeness (QED) is 0.286. The minimum Gasteiger partial charge on any atom is -0.349 e. The second-order valence-corrected chi connectivity index (χ2v) is 14.3. The third kappa shape index (κ3) is 5.47. The van der Waals surface area contributed by atoms with Crippen molar-refractivity contribution in [3.8, 4) is 11.1 Å². The smallest absolute Gasteiger partial charge is 0.349 e. The van der Waals surface area contributed by atoms with Gasteiger partial charge in [-0.3, -0.25) is 18.9 Å². The molecule has 10 nitrogen and oxygen atoms in total. The van der Waals surface area contributed by atoms with E-state index in [0.717, 1.165) is 31.6 Å². The molecule has 0 radical (unpaired) electrons. The molecule has 0 aliphatic carbocycles. The Balaban J connectivity index is 1.49. The summed E-state index contributed by atoms with van der Waals surface area (Å²) in [5.41, 5.74) is 0.280. The normalized spacial score (nSPS) is 22.5. The fourth-order valence-electron chi connectivity index (χ4n) is 7.54. The number of thioether (sulfide) groups is 1. The number of hydrogen-bond donors (Lipinski definition) is 0. The van der Waals surface area contributed by atoms with Crippen molar-refractivity contribution < 1.29 is 18.0 Å². The van der Waals surface area contributed by atoms with Gasteiger partial charge < -0.3 is 14.7 Å². The molecule has 0 saturated carbocycles. The van der Waals surface area contributed by atoms with Crippen LogP contribution >= 0.6 is 11.8 Å². The van der Waals surface area contributed by atoms with Gasteiger partial charge in [-0.1, -0.05) is 24.8 Å². The lowest BCUT2D eigenvalue weighted by molar-refractivity contribution is -0.137. The molecule has 48 heavy (non-hydrogen) atoms. The standard InChI is InChI=1S/C34H39F3N8O2S/c1-6-27(46)43-16-21(3)44(17-20(43)2)32-25-14-26(34(35,36)37)28(24-9-7-8-22-15-38-41(5)29(22)24)31-30(25)45(33(47)39-32)23(19-48-31)18-42-12-10-40(4)11-13-42/h6-9,14-15,20-21,23H,1,10-13,16-19H2,2-5H3/t20-,21+,23?/m1/s1. The number of piperazine rings is 2. The molecule has 0 spiro atoms. The highest BCUT2D eigenvalue weighted by Crippen LogP contribution is 2.51. The van der Waals surface area contributed by atoms with Crippen LogP contribution in [-0.4, -0.2) is 111 Å². The van der Waals surface area contributed by atoms with E-state index in [-0.39, 0.29) is 40.8 Å². The number of para-hydroxylation sites is 1. The van der Waals surface area contributed by atoms with Gasteiger partial charge in [-0.25, -0.2) is 4.79 Å². The molecule has 3 atom stereocenters. The van der Waals surface area contributed by atoms with Gasteiger partial charge in [-0.2, -0.15) is 23.3 Å². The van der Waals surface area contributed by atoms with Crippen molar-refractivity contribution >= 4 is 45.3 Å². The van der Waals surface area contributed by atoms with Gasteiger partial charge in [0.2, 0.25) is 5.91 Å². The first-order chi connectivity index (χ1) is 22.9. The van der Waals surface area contributed by atoms with Gasteiger partial charge in [0.15, 0.2) is 0 Å². The van der Waals surface area contributed by atoms with E-state index < -0.39 is 17.4 Å². The molecular formula is C34H39F3N8O2S. The molecule has 3 aliphatic rings. The summed E-state index contributed by atoms with van der Waals surface area (Å²) in [5, 5.41) is 5.37. The number of rotatable bonds is 5. The number of halogens is 3. The molecule has 4 aromatic rings. The average molecular weight is 681 g/mol. The minimum atomic E-state index is -4.70. The predicted molar refractivity (Wildman–Crippen MR) is 183 cm³/mol. The highest BCUT2D eigenvalue weighted by Gasteiger charge is 2.41. The zero-order valence-electron chi connectivity index (χ0n) is 27.5. The molecule has 5 heterocycles. The van der Waals surface area contributed by atoms with Gasteiger partial charge in [0, 0.05) is 97.5 Å². The number of aryl methyl sites for hydroxylation is 1. The number of aromatic nitrogens is 4. The van der Waals surface area contributed by atoms with Gasteiger partial charge in [-0.15, -0.1) is 11.8 Å². The molecule has 14 heteroatoms. The number of likely N-dealkylation sites (N-methyl/N-ethyl adjacent to an activating group) is 1. The lowest BCUT2D eigenvalue weighted by atomic mass is 9.94. The molecule has 7 rings (SSSR count). The largest absolute Gasteiger partial charge is 0.417 e. The van der Waals surface area contributed by atoms with E-state index >= 15 is 13.2 Å². The summed E-state index contributed by atoms with van der Waals surface area (Å²) in [4.78, 5) is 40.0. The van der Waals surface area contributed by atoms with Crippen LogP contribution in [0.25, 0.3) is 32.9 Å². The van der Waals surface area contributed by atoms with Gasteiger partial charge in [0.25, 0.3) is 0 Å². The molecule has 2 aromatic carbocycles. The average Bonchev–Trinajstić information content (AvgIpc) is 3.44. The summed E-state index contributed by atoms with van der Waals surface area (Å²) < 4.78 is 49.2. The Labute approximate surface area is 280 Å². The molecule has 0 N–H and O–H groups in total. The van der Waals surface area contributed by atoms with E-state index in [9.17, 15) is 9.59 Å². The Morgan fingerprint density at radius 2 is 1.83 bits per heavy atom. The first kappa shape index (κ1) is 32.7. The molecule has 2 saturated heterocycles. The number of benzene rings is 2. The number of hydrogen-bond acceptors (Lipinski definition) is 8. The summed E-state index contributed by atoms with van der Waals surface area (Å²) in [6, 6.07) is 5.62. The maximum atomic E-state index is 15.3. The van der Waals surface area contributed by atoms with Gasteiger partial charge in [0.1, 0.15) is 5.82 Å². The van der Waals surface area contributed by atoms with Crippen molar-refractivity contribution in [1.29, 1.82) is 0 Å². The Bertz CT molecular complexity index is 1980. The van der Waals surface area contributed by atoms with Crippen LogP contribution in [0.3, 0.4) is 0 Å². The Kier molecular flexibility index (Phi) is 8.31. The van der Waals surface area contributed by atoms with Crippen LogP contribution in [0.4, 0.5) is 19.0 Å². The fourth-order valence-corrected chi connectivity index (χ4v) is 8.87. The van der Waals surface area contributed by atoms with Gasteiger partial charge >= 0.3 is 11.9 Å². The molecule has 3 aliphatic heterocycles. The molecule has 1 unspecified atom stereocenters. The molecule has 2 fully saturated rings. The maximum absolute atomic E-state index is 15.3. The van der Waals surface area contributed by atoms with E-state index in [2.05, 4.69) is 33.5 Å². The van der Waals surface area contributed by atoms with Crippen LogP contribution in [-0.2, 0) is 18.0 Å². The van der Waals surface area contributed by atoms with Crippen molar-refractivity contribution in [2.24, 2.45) is 7.05 Å². The third-order valence-corrected chi connectivity index (χ3v) is 11.3. The summed E-state index contributed by atoms with van der Waals surface area (Å²) in [6.45, 7) is 12.1. The van der Waals surface area contributed by atoms with Crippen LogP contribution in [0.15, 0.2) is 52.8 Å². The molecule has 0 bridgehead atoms. The van der Waals surface area contributed by atoms with Crippen LogP contribution < -0.4 is 10.6 Å². The Morgan fingerprint density at radius 1 is 1.08 bits per heavy atom. The Hall–Kier alpha value is -3.88. The fraction of sp³-hybridized carbons (Fsp3) is 0.471. The highest BCUT2D eigenvalue weighted by molar-refractivity contribution is 7.99. The van der Waals surface area contributed by atoms with Gasteiger partial charge in [0.05, 0.1) is 28.8 Å². The second kappa shape index (κ2) is 12.2. The number of carbonyl (C=O) groups excluding carboxylic acids is 1. The lowest BCUT2D eigenvalue weighted by Crippen LogP contribution is -2.58. The maximum Gasteiger partial charge on any atom is 0.417 e. The predicted octanol–water partition coefficient (Wildman–Crippen LogP) is 4.47. The first-order valence-corrected chi connectivity index (χ1v) is 17.2. The number of carbonyl (C=O) groups is 1. The molecule has 254 valence electrons. The van der Waals surface area contributed by atoms with Crippen molar-refractivity contribution in [1.82, 2.24) is 34.0 Å². The third-order valence-electron chi connectivity index (χ3n) is 10.0. The van der Waals surface area contributed by atoms with Crippen molar-refractivity contribution in [2.75, 3.05) is 63.5 Å². The second-order valence-electron chi connectivity index (χ2n) is 13.2. The first-order valence-electron chi connectivity index (χ1n) is 16.2. The van der Waals surface area contributed by atoms with E-state index in [1.165, 1.54) is 23.9 Å². The zero-order chi connectivity index (χ0) is 34.1. The van der Waals surface area contributed by atoms with Gasteiger partial charge in [-0.05, 0) is 33.0 Å². The SMILES string of the molecule is C=CC(=O)N1C[C@H](C)N(c2nc(=O)n3c4c(c(-c5cccc6cnn(C)c56)c(C(F)(F)F)cc24)SCC3CN2CCN(C)CC2)C[C@H]1C. The molecular weight excluding hydrogens is 641 g/mol. The van der Waals surface area contributed by atoms with Crippen LogP contribution in [0.2, 0.25) is 0 Å². The van der Waals surface area contributed by atoms with Crippen LogP contribution in [0, 0.1) is 0 Å². The van der Waals surface area contributed by atoms with Crippen LogP contribution in [0.5, 0.6) is 0 Å². The molecule has 2 aromatic heterocycles. The van der Waals surface area contributed by atoms with E-state index in [4.69, 9.17) is 0 Å². The Morgan fingerprint density at radius 3 is 2.54 bits per heavy atom. The zero-order valence-corrected chi connectivity index (χ0v) is 28.3. The monoisotopic (exact) mass is 680 g/mol. The molecule has 1 amide bonds. The minimum absolute atomic E-state index is 0.0559. The lowest BCUT2D eigenvalue weighted by Gasteiger charge is -2.45. The van der Waals surface area contributed by atoms with Crippen LogP contribution in [0.1, 0.15) is 25.5 Å². The van der Waals surface area contributed by atoms with Crippen molar-refractivity contribution in [3.05, 3.63) is 59.2 Å². The number of nitrogens with zero attached hydrogens (tertiary/aromatic N) is 8. The topological polar surface area (TPSA) is 82.7 Å². The number of alkyl halides is 3. The number of fused-ring (bicyclic) bond motifs is 1. The van der Waals surface area contributed by atoms with E-state index in [1.54, 1.807) is 39.5 Å². The summed E-state index contributed by atoms with van der Waals surface area (Å²) in [7, 11) is 3.81. The number of amides is 1. The highest BCUT2D eigenvalue weighted by atomic mass is 32.2. The van der Waals surface area contributed by atoms with E-state index in [1.807, 2.05) is 24.8 Å². The van der Waals surface area contributed by atoms with Crippen molar-refractivity contribution in [3.63, 3.8) is 0 Å². The number of anilines is 1. The summed E-state index contributed by atoms with van der Waals surface area (Å²) >= 11 is 1.38. The summed E-state index contributed by atoms with van der Waals surface area (Å²) in [6.07, 6.45) is -1.79. The van der Waals surface area contributed by atoms with E-state index in [0.29, 0.717) is 46.9 Å².